The highest BCUT2D eigenvalue weighted by molar-refractivity contribution is 7.10. The zero-order chi connectivity index (χ0) is 17.7. The first kappa shape index (κ1) is 17.9. The summed E-state index contributed by atoms with van der Waals surface area (Å²) in [5.41, 5.74) is 5.97. The summed E-state index contributed by atoms with van der Waals surface area (Å²) >= 11 is 1.35. The van der Waals surface area contributed by atoms with Crippen LogP contribution in [0.15, 0.2) is 11.4 Å². The minimum atomic E-state index is -0.974. The first-order valence-corrected chi connectivity index (χ1v) is 8.16. The minimum absolute atomic E-state index is 0.0468. The highest BCUT2D eigenvalue weighted by atomic mass is 32.1. The van der Waals surface area contributed by atoms with Crippen LogP contribution in [0.1, 0.15) is 16.9 Å². The number of likely N-dealkylation sites (tertiary alicyclic amines) is 1. The molecule has 1 saturated heterocycles. The quantitative estimate of drug-likeness (QED) is 0.226. The van der Waals surface area contributed by atoms with E-state index in [2.05, 4.69) is 10.6 Å². The number of carbonyl (C=O) groups excluding carboxylic acids is 3. The molecule has 1 aliphatic rings. The van der Waals surface area contributed by atoms with Crippen molar-refractivity contribution in [1.29, 1.82) is 5.41 Å². The van der Waals surface area contributed by atoms with Crippen LogP contribution in [0.3, 0.4) is 0 Å². The Balaban J connectivity index is 1.96. The molecule has 3 amide bonds. The highest BCUT2D eigenvalue weighted by Crippen LogP contribution is 2.19. The van der Waals surface area contributed by atoms with Gasteiger partial charge in [0.2, 0.25) is 18.2 Å². The molecule has 2 rings (SSSR count). The molecule has 0 aromatic carbocycles. The standard InChI is InChI=1S/C14H19N5O4S/c15-13(16)8-3-9(24-6-8)4-18-14(23)12-10(21)1-2-19(12)11(22)5-17-7-20/h3,6-7,10,12,21H,1-2,4-5H2,(H3,15,16)(H,17,20)(H,18,23). The third-order valence-electron chi connectivity index (χ3n) is 3.69. The molecule has 24 heavy (non-hydrogen) atoms. The van der Waals surface area contributed by atoms with Crippen LogP contribution >= 0.6 is 11.3 Å². The van der Waals surface area contributed by atoms with E-state index in [1.807, 2.05) is 0 Å². The lowest BCUT2D eigenvalue weighted by Crippen LogP contribution is -2.51. The fourth-order valence-corrected chi connectivity index (χ4v) is 3.32. The molecule has 9 nitrogen and oxygen atoms in total. The molecule has 6 N–H and O–H groups in total. The monoisotopic (exact) mass is 353 g/mol. The van der Waals surface area contributed by atoms with Gasteiger partial charge in [-0.2, -0.15) is 0 Å². The lowest BCUT2D eigenvalue weighted by Gasteiger charge is -2.25. The summed E-state index contributed by atoms with van der Waals surface area (Å²) in [6.07, 6.45) is -0.234. The van der Waals surface area contributed by atoms with Gasteiger partial charge < -0.3 is 26.4 Å². The number of hydrogen-bond acceptors (Lipinski definition) is 6. The summed E-state index contributed by atoms with van der Waals surface area (Å²) in [6.45, 7) is 0.258. The summed E-state index contributed by atoms with van der Waals surface area (Å²) in [7, 11) is 0. The highest BCUT2D eigenvalue weighted by Gasteiger charge is 2.40. The molecular weight excluding hydrogens is 334 g/mol. The van der Waals surface area contributed by atoms with Gasteiger partial charge in [0.25, 0.3) is 0 Å². The molecule has 0 bridgehead atoms. The summed E-state index contributed by atoms with van der Waals surface area (Å²) < 4.78 is 0. The summed E-state index contributed by atoms with van der Waals surface area (Å²) in [5.74, 6) is -0.930. The number of amides is 3. The molecule has 2 unspecified atom stereocenters. The number of thiophene rings is 1. The van der Waals surface area contributed by atoms with Crippen LogP contribution in [0.2, 0.25) is 0 Å². The molecule has 130 valence electrons. The summed E-state index contributed by atoms with van der Waals surface area (Å²) in [4.78, 5) is 36.7. The predicted molar refractivity (Wildman–Crippen MR) is 87.4 cm³/mol. The lowest BCUT2D eigenvalue weighted by molar-refractivity contribution is -0.140. The molecule has 2 heterocycles. The van der Waals surface area contributed by atoms with E-state index in [4.69, 9.17) is 11.1 Å². The van der Waals surface area contributed by atoms with Gasteiger partial charge in [-0.1, -0.05) is 0 Å². The van der Waals surface area contributed by atoms with Crippen LogP contribution in [0.25, 0.3) is 0 Å². The van der Waals surface area contributed by atoms with Crippen LogP contribution in [0.4, 0.5) is 0 Å². The first-order valence-electron chi connectivity index (χ1n) is 7.28. The maximum Gasteiger partial charge on any atom is 0.245 e. The van der Waals surface area contributed by atoms with E-state index in [-0.39, 0.29) is 25.5 Å². The fourth-order valence-electron chi connectivity index (χ4n) is 2.50. The lowest BCUT2D eigenvalue weighted by atomic mass is 10.1. The zero-order valence-electron chi connectivity index (χ0n) is 12.8. The van der Waals surface area contributed by atoms with E-state index in [1.165, 1.54) is 16.2 Å². The first-order chi connectivity index (χ1) is 11.4. The van der Waals surface area contributed by atoms with Gasteiger partial charge >= 0.3 is 0 Å². The third-order valence-corrected chi connectivity index (χ3v) is 4.63. The number of nitrogens with zero attached hydrogens (tertiary/aromatic N) is 1. The van der Waals surface area contributed by atoms with Gasteiger partial charge in [-0.25, -0.2) is 0 Å². The van der Waals surface area contributed by atoms with Crippen LogP contribution < -0.4 is 16.4 Å². The van der Waals surface area contributed by atoms with Gasteiger partial charge in [-0.15, -0.1) is 11.3 Å². The number of carbonyl (C=O) groups is 3. The minimum Gasteiger partial charge on any atom is -0.390 e. The van der Waals surface area contributed by atoms with Crippen LogP contribution in [0.5, 0.6) is 0 Å². The molecule has 1 fully saturated rings. The average molecular weight is 353 g/mol. The average Bonchev–Trinajstić information content (AvgIpc) is 3.17. The molecular formula is C14H19N5O4S. The Bertz CT molecular complexity index is 647. The van der Waals surface area contributed by atoms with Gasteiger partial charge in [-0.3, -0.25) is 19.8 Å². The van der Waals surface area contributed by atoms with E-state index in [0.717, 1.165) is 4.88 Å². The second-order valence-corrected chi connectivity index (χ2v) is 6.32. The van der Waals surface area contributed by atoms with Crippen LogP contribution in [-0.4, -0.2) is 59.3 Å². The van der Waals surface area contributed by atoms with E-state index in [9.17, 15) is 19.5 Å². The topological polar surface area (TPSA) is 149 Å². The number of nitrogen functional groups attached to an aromatic ring is 1. The maximum absolute atomic E-state index is 12.3. The second kappa shape index (κ2) is 7.88. The van der Waals surface area contributed by atoms with Crippen molar-refractivity contribution < 1.29 is 19.5 Å². The molecule has 1 aliphatic heterocycles. The Hall–Kier alpha value is -2.46. The number of amidine groups is 1. The summed E-state index contributed by atoms with van der Waals surface area (Å²) in [6, 6.07) is 0.730. The van der Waals surface area contributed by atoms with E-state index in [0.29, 0.717) is 18.4 Å². The van der Waals surface area contributed by atoms with Crippen LogP contribution in [0, 0.1) is 5.41 Å². The molecule has 10 heteroatoms. The van der Waals surface area contributed by atoms with Crippen molar-refractivity contribution >= 4 is 35.4 Å². The van der Waals surface area contributed by atoms with Gasteiger partial charge in [0, 0.05) is 22.4 Å². The number of nitrogens with two attached hydrogens (primary N) is 1. The maximum atomic E-state index is 12.3. The smallest absolute Gasteiger partial charge is 0.245 e. The Morgan fingerprint density at radius 1 is 1.54 bits per heavy atom. The largest absolute Gasteiger partial charge is 0.390 e. The van der Waals surface area contributed by atoms with Gasteiger partial charge in [-0.05, 0) is 12.5 Å². The number of nitrogens with one attached hydrogen (secondary N) is 3. The van der Waals surface area contributed by atoms with Gasteiger partial charge in [0.1, 0.15) is 11.9 Å². The molecule has 1 aromatic rings. The fraction of sp³-hybridized carbons (Fsp3) is 0.429. The SMILES string of the molecule is N=C(N)c1csc(CNC(=O)C2C(O)CCN2C(=O)CNC=O)c1. The number of aliphatic hydroxyl groups excluding tert-OH is 1. The Morgan fingerprint density at radius 2 is 2.29 bits per heavy atom. The molecule has 1 aromatic heterocycles. The second-order valence-electron chi connectivity index (χ2n) is 5.32. The zero-order valence-corrected chi connectivity index (χ0v) is 13.6. The molecule has 2 atom stereocenters. The molecule has 0 radical (unpaired) electrons. The van der Waals surface area contributed by atoms with Crippen LogP contribution in [-0.2, 0) is 20.9 Å². The Kier molecular flexibility index (Phi) is 5.88. The van der Waals surface area contributed by atoms with E-state index < -0.39 is 24.0 Å². The number of aliphatic hydroxyl groups is 1. The van der Waals surface area contributed by atoms with Crippen molar-refractivity contribution in [2.24, 2.45) is 5.73 Å². The van der Waals surface area contributed by atoms with Gasteiger partial charge in [0.15, 0.2) is 0 Å². The molecule has 0 saturated carbocycles. The predicted octanol–water partition coefficient (Wildman–Crippen LogP) is -1.64. The number of hydrogen-bond donors (Lipinski definition) is 5. The molecule has 0 spiro atoms. The third kappa shape index (κ3) is 4.09. The number of rotatable bonds is 7. The Labute approximate surface area is 142 Å². The van der Waals surface area contributed by atoms with Crippen molar-refractivity contribution in [3.8, 4) is 0 Å². The van der Waals surface area contributed by atoms with Crippen molar-refractivity contribution in [3.05, 3.63) is 21.9 Å². The van der Waals surface area contributed by atoms with Crippen molar-refractivity contribution in [1.82, 2.24) is 15.5 Å². The van der Waals surface area contributed by atoms with E-state index in [1.54, 1.807) is 11.4 Å². The normalized spacial score (nSPS) is 19.8. The molecule has 0 aliphatic carbocycles. The summed E-state index contributed by atoms with van der Waals surface area (Å²) in [5, 5.41) is 24.0. The Morgan fingerprint density at radius 3 is 2.92 bits per heavy atom. The van der Waals surface area contributed by atoms with Crippen molar-refractivity contribution in [3.63, 3.8) is 0 Å². The van der Waals surface area contributed by atoms with E-state index >= 15 is 0 Å². The van der Waals surface area contributed by atoms with Crippen molar-refractivity contribution in [2.75, 3.05) is 13.1 Å². The van der Waals surface area contributed by atoms with Crippen molar-refractivity contribution in [2.45, 2.75) is 25.1 Å². The van der Waals surface area contributed by atoms with Gasteiger partial charge in [0.05, 0.1) is 19.2 Å².